The molecule has 3 aromatic heterocycles. The molecule has 3 heterocycles. The fraction of sp³-hybridized carbons (Fsp3) is 0.111. The zero-order chi connectivity index (χ0) is 24.2. The van der Waals surface area contributed by atoms with Gasteiger partial charge >= 0.3 is 0 Å². The summed E-state index contributed by atoms with van der Waals surface area (Å²) in [5, 5.41) is 18.8. The molecule has 5 rings (SSSR count). The van der Waals surface area contributed by atoms with Crippen LogP contribution < -0.4 is 10.1 Å². The first-order valence-electron chi connectivity index (χ1n) is 11.0. The summed E-state index contributed by atoms with van der Waals surface area (Å²) in [6.45, 7) is 2.09. The summed E-state index contributed by atoms with van der Waals surface area (Å²) in [6.07, 6.45) is 14.4. The summed E-state index contributed by atoms with van der Waals surface area (Å²) in [7, 11) is 0. The molecular formula is C27H22N6OS. The summed E-state index contributed by atoms with van der Waals surface area (Å²) in [6, 6.07) is 15.5. The van der Waals surface area contributed by atoms with E-state index in [0.717, 1.165) is 34.9 Å². The number of nitriles is 1. The maximum atomic E-state index is 9.98. The minimum atomic E-state index is 0.521. The fourth-order valence-electron chi connectivity index (χ4n) is 3.75. The van der Waals surface area contributed by atoms with Gasteiger partial charge in [-0.15, -0.1) is 16.9 Å². The highest BCUT2D eigenvalue weighted by molar-refractivity contribution is 7.98. The van der Waals surface area contributed by atoms with Crippen LogP contribution in [0, 0.1) is 11.3 Å². The van der Waals surface area contributed by atoms with Crippen molar-refractivity contribution in [3.05, 3.63) is 96.0 Å². The molecule has 172 valence electrons. The van der Waals surface area contributed by atoms with Crippen molar-refractivity contribution in [2.75, 3.05) is 11.6 Å². The molecule has 0 amide bonds. The van der Waals surface area contributed by atoms with Gasteiger partial charge in [-0.25, -0.2) is 9.50 Å². The van der Waals surface area contributed by atoms with Crippen LogP contribution in [-0.2, 0) is 0 Å². The van der Waals surface area contributed by atoms with Gasteiger partial charge in [-0.2, -0.15) is 5.26 Å². The van der Waals surface area contributed by atoms with Gasteiger partial charge in [-0.3, -0.25) is 4.98 Å². The third-order valence-corrected chi connectivity index (χ3v) is 6.14. The van der Waals surface area contributed by atoms with Crippen molar-refractivity contribution in [2.24, 2.45) is 0 Å². The van der Waals surface area contributed by atoms with Crippen LogP contribution in [0.2, 0.25) is 0 Å². The lowest BCUT2D eigenvalue weighted by atomic mass is 10.1. The Hall–Kier alpha value is -4.35. The highest BCUT2D eigenvalue weighted by atomic mass is 32.2. The number of nitrogens with zero attached hydrogens (tertiary/aromatic N) is 5. The Kier molecular flexibility index (Phi) is 6.33. The molecule has 0 atom stereocenters. The van der Waals surface area contributed by atoms with Gasteiger partial charge in [0.15, 0.2) is 11.5 Å². The molecule has 4 aromatic rings. The molecule has 35 heavy (non-hydrogen) atoms. The maximum absolute atomic E-state index is 9.98. The predicted octanol–water partition coefficient (Wildman–Crippen LogP) is 6.54. The van der Waals surface area contributed by atoms with Gasteiger partial charge in [-0.05, 0) is 61.6 Å². The van der Waals surface area contributed by atoms with E-state index >= 15 is 0 Å². The van der Waals surface area contributed by atoms with E-state index in [2.05, 4.69) is 35.4 Å². The third-order valence-electron chi connectivity index (χ3n) is 5.46. The Labute approximate surface area is 207 Å². The van der Waals surface area contributed by atoms with Crippen LogP contribution in [0.3, 0.4) is 0 Å². The molecule has 1 N–H and O–H groups in total. The van der Waals surface area contributed by atoms with Gasteiger partial charge in [0, 0.05) is 24.1 Å². The topological polar surface area (TPSA) is 88.1 Å². The van der Waals surface area contributed by atoms with Crippen LogP contribution in [0.1, 0.15) is 24.6 Å². The van der Waals surface area contributed by atoms with E-state index in [-0.39, 0.29) is 0 Å². The van der Waals surface area contributed by atoms with Crippen molar-refractivity contribution >= 4 is 34.5 Å². The van der Waals surface area contributed by atoms with Crippen LogP contribution in [0.25, 0.3) is 11.2 Å². The molecule has 0 saturated carbocycles. The minimum absolute atomic E-state index is 0.521. The van der Waals surface area contributed by atoms with E-state index < -0.39 is 0 Å². The van der Waals surface area contributed by atoms with E-state index in [9.17, 15) is 5.26 Å². The van der Waals surface area contributed by atoms with Crippen LogP contribution in [0.5, 0.6) is 11.5 Å². The first-order chi connectivity index (χ1) is 17.1. The number of rotatable bonds is 6. The average Bonchev–Trinajstić information content (AvgIpc) is 3.15. The van der Waals surface area contributed by atoms with Gasteiger partial charge in [-0.1, -0.05) is 29.9 Å². The SMILES string of the molecule is CSc1nc2cc(Nc3ccc(Oc4ccncc4)cc3)nn2c(C2=CCC(C)=CC=C2)c1C#N. The number of allylic oxidation sites excluding steroid dienone is 6. The molecule has 0 fully saturated rings. The second kappa shape index (κ2) is 9.87. The number of thioether (sulfide) groups is 1. The molecule has 0 aliphatic heterocycles. The number of fused-ring (bicyclic) bond motifs is 1. The summed E-state index contributed by atoms with van der Waals surface area (Å²) >= 11 is 1.46. The summed E-state index contributed by atoms with van der Waals surface area (Å²) < 4.78 is 7.58. The molecule has 1 aliphatic carbocycles. The number of hydrogen-bond donors (Lipinski definition) is 1. The molecule has 1 aliphatic rings. The van der Waals surface area contributed by atoms with Crippen molar-refractivity contribution < 1.29 is 4.74 Å². The average molecular weight is 479 g/mol. The Balaban J connectivity index is 1.48. The third kappa shape index (κ3) is 4.81. The smallest absolute Gasteiger partial charge is 0.159 e. The van der Waals surface area contributed by atoms with Gasteiger partial charge in [0.1, 0.15) is 28.2 Å². The lowest BCUT2D eigenvalue weighted by molar-refractivity contribution is 0.482. The second-order valence-electron chi connectivity index (χ2n) is 7.93. The quantitative estimate of drug-likeness (QED) is 0.248. The normalized spacial score (nSPS) is 13.1. The first kappa shape index (κ1) is 22.4. The minimum Gasteiger partial charge on any atom is -0.457 e. The summed E-state index contributed by atoms with van der Waals surface area (Å²) in [5.41, 5.74) is 5.00. The zero-order valence-corrected chi connectivity index (χ0v) is 20.1. The monoisotopic (exact) mass is 478 g/mol. The molecular weight excluding hydrogens is 456 g/mol. The van der Waals surface area contributed by atoms with E-state index in [0.29, 0.717) is 22.1 Å². The Morgan fingerprint density at radius 3 is 2.63 bits per heavy atom. The number of ether oxygens (including phenoxy) is 1. The van der Waals surface area contributed by atoms with Crippen LogP contribution in [0.15, 0.2) is 89.8 Å². The number of pyridine rings is 1. The van der Waals surface area contributed by atoms with Gasteiger partial charge in [0.2, 0.25) is 0 Å². The number of anilines is 2. The number of hydrogen-bond acceptors (Lipinski definition) is 7. The van der Waals surface area contributed by atoms with E-state index in [1.807, 2.05) is 60.9 Å². The molecule has 0 bridgehead atoms. The van der Waals surface area contributed by atoms with Crippen molar-refractivity contribution in [2.45, 2.75) is 18.4 Å². The lowest BCUT2D eigenvalue weighted by Gasteiger charge is -2.11. The van der Waals surface area contributed by atoms with Crippen LogP contribution in [0.4, 0.5) is 11.5 Å². The van der Waals surface area contributed by atoms with Crippen LogP contribution >= 0.6 is 11.8 Å². The van der Waals surface area contributed by atoms with E-state index in [1.54, 1.807) is 16.9 Å². The Bertz CT molecular complexity index is 1510. The number of benzene rings is 1. The number of aromatic nitrogens is 4. The number of nitrogens with one attached hydrogen (secondary N) is 1. The fourth-order valence-corrected chi connectivity index (χ4v) is 4.29. The molecule has 0 spiro atoms. The van der Waals surface area contributed by atoms with Crippen molar-refractivity contribution in [3.8, 4) is 17.6 Å². The molecule has 0 radical (unpaired) electrons. The van der Waals surface area contributed by atoms with Gasteiger partial charge < -0.3 is 10.1 Å². The second-order valence-corrected chi connectivity index (χ2v) is 8.72. The first-order valence-corrected chi connectivity index (χ1v) is 12.2. The standard InChI is InChI=1S/C27H22N6OS/c1-18-4-3-5-19(7-6-18)26-23(17-28)27(35-2)31-25-16-24(32-33(25)26)30-20-8-10-21(11-9-20)34-22-12-14-29-15-13-22/h3-5,7-16H,6H2,1-2H3,(H,30,32). The molecule has 8 heteroatoms. The Morgan fingerprint density at radius 2 is 1.89 bits per heavy atom. The molecule has 0 unspecified atom stereocenters. The van der Waals surface area contributed by atoms with E-state index in [4.69, 9.17) is 14.8 Å². The maximum Gasteiger partial charge on any atom is 0.159 e. The van der Waals surface area contributed by atoms with Gasteiger partial charge in [0.05, 0.1) is 5.69 Å². The molecule has 7 nitrogen and oxygen atoms in total. The highest BCUT2D eigenvalue weighted by Gasteiger charge is 2.19. The van der Waals surface area contributed by atoms with E-state index in [1.165, 1.54) is 17.3 Å². The predicted molar refractivity (Wildman–Crippen MR) is 139 cm³/mol. The zero-order valence-electron chi connectivity index (χ0n) is 19.3. The Morgan fingerprint density at radius 1 is 1.11 bits per heavy atom. The molecule has 0 saturated heterocycles. The molecule has 1 aromatic carbocycles. The van der Waals surface area contributed by atoms with Crippen LogP contribution in [-0.4, -0.2) is 25.8 Å². The van der Waals surface area contributed by atoms with Crippen molar-refractivity contribution in [1.82, 2.24) is 19.6 Å². The largest absolute Gasteiger partial charge is 0.457 e. The summed E-state index contributed by atoms with van der Waals surface area (Å²) in [5.74, 6) is 2.08. The summed E-state index contributed by atoms with van der Waals surface area (Å²) in [4.78, 5) is 8.69. The van der Waals surface area contributed by atoms with Crippen molar-refractivity contribution in [3.63, 3.8) is 0 Å². The highest BCUT2D eigenvalue weighted by Crippen LogP contribution is 2.31. The lowest BCUT2D eigenvalue weighted by Crippen LogP contribution is -2.05. The van der Waals surface area contributed by atoms with Crippen molar-refractivity contribution in [1.29, 1.82) is 5.26 Å². The van der Waals surface area contributed by atoms with Gasteiger partial charge in [0.25, 0.3) is 0 Å².